The highest BCUT2D eigenvalue weighted by Gasteiger charge is 2.36. The van der Waals surface area contributed by atoms with Gasteiger partial charge in [-0.25, -0.2) is 14.2 Å². The van der Waals surface area contributed by atoms with Crippen LogP contribution in [0.25, 0.3) is 0 Å². The summed E-state index contributed by atoms with van der Waals surface area (Å²) in [5.74, 6) is -0.773. The number of likely N-dealkylation sites (tertiary alicyclic amines) is 1. The normalized spacial score (nSPS) is 17.6. The second kappa shape index (κ2) is 11.4. The van der Waals surface area contributed by atoms with E-state index in [0.717, 1.165) is 12.3 Å². The van der Waals surface area contributed by atoms with Crippen molar-refractivity contribution in [1.82, 2.24) is 19.8 Å². The van der Waals surface area contributed by atoms with Gasteiger partial charge in [-0.3, -0.25) is 0 Å². The van der Waals surface area contributed by atoms with Crippen molar-refractivity contribution in [3.05, 3.63) is 35.8 Å². The highest BCUT2D eigenvalue weighted by molar-refractivity contribution is 5.68. The summed E-state index contributed by atoms with van der Waals surface area (Å²) < 4.78 is 61.1. The smallest absolute Gasteiger partial charge is 0.418 e. The first-order valence-electron chi connectivity index (χ1n) is 12.3. The van der Waals surface area contributed by atoms with Crippen molar-refractivity contribution in [2.24, 2.45) is 0 Å². The van der Waals surface area contributed by atoms with E-state index in [1.807, 2.05) is 7.05 Å². The zero-order chi connectivity index (χ0) is 26.6. The first kappa shape index (κ1) is 26.7. The molecule has 2 aliphatic rings. The SMILES string of the molecule is CCOC(=O)N1CCC(Nc2nc(Nc3ccc(N4CCN(C)CC4)c(C(F)(F)F)c3)ncc2F)CC1. The minimum absolute atomic E-state index is 0.0340. The maximum absolute atomic E-state index is 14.4. The van der Waals surface area contributed by atoms with E-state index < -0.39 is 17.6 Å². The first-order chi connectivity index (χ1) is 17.6. The van der Waals surface area contributed by atoms with E-state index in [4.69, 9.17) is 4.74 Å². The van der Waals surface area contributed by atoms with Crippen molar-refractivity contribution < 1.29 is 27.1 Å². The molecule has 1 aromatic heterocycles. The lowest BCUT2D eigenvalue weighted by Crippen LogP contribution is -2.45. The van der Waals surface area contributed by atoms with E-state index in [0.29, 0.717) is 58.7 Å². The van der Waals surface area contributed by atoms with Gasteiger partial charge in [0, 0.05) is 56.7 Å². The Kier molecular flexibility index (Phi) is 8.20. The fourth-order valence-electron chi connectivity index (χ4n) is 4.44. The highest BCUT2D eigenvalue weighted by atomic mass is 19.4. The predicted octanol–water partition coefficient (Wildman–Crippen LogP) is 4.16. The van der Waals surface area contributed by atoms with Gasteiger partial charge in [0.15, 0.2) is 11.6 Å². The molecule has 4 rings (SSSR count). The first-order valence-corrected chi connectivity index (χ1v) is 12.3. The predicted molar refractivity (Wildman–Crippen MR) is 132 cm³/mol. The Balaban J connectivity index is 1.45. The van der Waals surface area contributed by atoms with Gasteiger partial charge in [0.1, 0.15) is 0 Å². The molecule has 1 amide bonds. The van der Waals surface area contributed by atoms with E-state index >= 15 is 0 Å². The molecule has 202 valence electrons. The topological polar surface area (TPSA) is 85.9 Å². The van der Waals surface area contributed by atoms with Crippen molar-refractivity contribution >= 4 is 29.2 Å². The summed E-state index contributed by atoms with van der Waals surface area (Å²) in [5.41, 5.74) is -0.482. The van der Waals surface area contributed by atoms with Crippen LogP contribution in [0.2, 0.25) is 0 Å². The fourth-order valence-corrected chi connectivity index (χ4v) is 4.44. The number of carbonyl (C=O) groups excluding carboxylic acids is 1. The van der Waals surface area contributed by atoms with Gasteiger partial charge in [-0.2, -0.15) is 18.2 Å². The minimum Gasteiger partial charge on any atom is -0.450 e. The Labute approximate surface area is 212 Å². The van der Waals surface area contributed by atoms with E-state index in [-0.39, 0.29) is 35.3 Å². The van der Waals surface area contributed by atoms with E-state index in [9.17, 15) is 22.4 Å². The number of aromatic nitrogens is 2. The maximum Gasteiger partial charge on any atom is 0.418 e. The number of nitrogens with zero attached hydrogens (tertiary/aromatic N) is 5. The molecule has 0 atom stereocenters. The average molecular weight is 526 g/mol. The number of carbonyl (C=O) groups is 1. The lowest BCUT2D eigenvalue weighted by Gasteiger charge is -2.35. The number of anilines is 4. The summed E-state index contributed by atoms with van der Waals surface area (Å²) in [6.07, 6.45) is -2.83. The standard InChI is InChI=1S/C24H31F4N7O2/c1-3-37-23(36)35-8-6-16(7-9-35)30-21-19(25)15-29-22(32-21)31-17-4-5-20(18(14-17)24(26,27)28)34-12-10-33(2)11-13-34/h4-5,14-16H,3,6-13H2,1-2H3,(H2,29,30,31,32). The van der Waals surface area contributed by atoms with Crippen LogP contribution in [0.1, 0.15) is 25.3 Å². The van der Waals surface area contributed by atoms with Gasteiger partial charge in [-0.05, 0) is 45.0 Å². The molecule has 0 aliphatic carbocycles. The summed E-state index contributed by atoms with van der Waals surface area (Å²) in [6, 6.07) is 3.87. The molecule has 0 unspecified atom stereocenters. The number of piperazine rings is 1. The molecule has 0 radical (unpaired) electrons. The molecule has 2 N–H and O–H groups in total. The second-order valence-electron chi connectivity index (χ2n) is 9.14. The van der Waals surface area contributed by atoms with Crippen molar-refractivity contribution in [2.45, 2.75) is 32.0 Å². The van der Waals surface area contributed by atoms with Crippen LogP contribution in [0.15, 0.2) is 24.4 Å². The third-order valence-electron chi connectivity index (χ3n) is 6.51. The molecule has 3 heterocycles. The van der Waals surface area contributed by atoms with E-state index in [1.165, 1.54) is 12.1 Å². The number of ether oxygens (including phenoxy) is 1. The van der Waals surface area contributed by atoms with Gasteiger partial charge in [-0.1, -0.05) is 0 Å². The van der Waals surface area contributed by atoms with Crippen LogP contribution in [-0.2, 0) is 10.9 Å². The lowest BCUT2D eigenvalue weighted by atomic mass is 10.1. The zero-order valence-electron chi connectivity index (χ0n) is 20.8. The second-order valence-corrected chi connectivity index (χ2v) is 9.14. The highest BCUT2D eigenvalue weighted by Crippen LogP contribution is 2.39. The minimum atomic E-state index is -4.55. The summed E-state index contributed by atoms with van der Waals surface area (Å²) in [7, 11) is 1.94. The monoisotopic (exact) mass is 525 g/mol. The number of nitrogens with one attached hydrogen (secondary N) is 2. The number of alkyl halides is 3. The summed E-state index contributed by atoms with van der Waals surface area (Å²) in [6.45, 7) is 5.30. The van der Waals surface area contributed by atoms with Crippen molar-refractivity contribution in [2.75, 3.05) is 68.5 Å². The molecule has 13 heteroatoms. The van der Waals surface area contributed by atoms with Crippen LogP contribution in [-0.4, -0.2) is 84.8 Å². The Morgan fingerprint density at radius 1 is 1.14 bits per heavy atom. The van der Waals surface area contributed by atoms with Crippen LogP contribution in [0.5, 0.6) is 0 Å². The quantitative estimate of drug-likeness (QED) is 0.544. The fraction of sp³-hybridized carbons (Fsp3) is 0.542. The van der Waals surface area contributed by atoms with Gasteiger partial charge in [0.2, 0.25) is 5.95 Å². The number of hydrogen-bond donors (Lipinski definition) is 2. The third-order valence-corrected chi connectivity index (χ3v) is 6.51. The Bertz CT molecular complexity index is 1090. The molecule has 37 heavy (non-hydrogen) atoms. The molecule has 1 aromatic carbocycles. The molecule has 2 fully saturated rings. The van der Waals surface area contributed by atoms with Crippen LogP contribution in [0, 0.1) is 5.82 Å². The molecule has 2 aliphatic heterocycles. The molecular formula is C24H31F4N7O2. The van der Waals surface area contributed by atoms with Crippen LogP contribution >= 0.6 is 0 Å². The van der Waals surface area contributed by atoms with E-state index in [2.05, 4.69) is 25.5 Å². The van der Waals surface area contributed by atoms with E-state index in [1.54, 1.807) is 16.7 Å². The summed E-state index contributed by atoms with van der Waals surface area (Å²) in [4.78, 5) is 25.3. The number of rotatable bonds is 6. The van der Waals surface area contributed by atoms with Crippen molar-refractivity contribution in [1.29, 1.82) is 0 Å². The number of benzene rings is 1. The molecule has 0 saturated carbocycles. The number of halogens is 4. The van der Waals surface area contributed by atoms with Gasteiger partial charge >= 0.3 is 12.3 Å². The third kappa shape index (κ3) is 6.70. The zero-order valence-corrected chi connectivity index (χ0v) is 20.8. The van der Waals surface area contributed by atoms with Crippen LogP contribution in [0.4, 0.5) is 45.5 Å². The molecule has 2 saturated heterocycles. The van der Waals surface area contributed by atoms with Gasteiger partial charge in [0.05, 0.1) is 18.4 Å². The molecule has 2 aromatic rings. The molecule has 9 nitrogen and oxygen atoms in total. The van der Waals surface area contributed by atoms with Crippen molar-refractivity contribution in [3.8, 4) is 0 Å². The molecule has 0 bridgehead atoms. The Hall–Kier alpha value is -3.35. The number of hydrogen-bond acceptors (Lipinski definition) is 8. The number of piperidine rings is 1. The number of likely N-dealkylation sites (N-methyl/N-ethyl adjacent to an activating group) is 1. The van der Waals surface area contributed by atoms with Gasteiger partial charge in [0.25, 0.3) is 0 Å². The summed E-state index contributed by atoms with van der Waals surface area (Å²) >= 11 is 0. The molecular weight excluding hydrogens is 494 g/mol. The van der Waals surface area contributed by atoms with Gasteiger partial charge in [-0.15, -0.1) is 0 Å². The molecule has 0 spiro atoms. The van der Waals surface area contributed by atoms with Crippen LogP contribution in [0.3, 0.4) is 0 Å². The van der Waals surface area contributed by atoms with Crippen LogP contribution < -0.4 is 15.5 Å². The lowest BCUT2D eigenvalue weighted by molar-refractivity contribution is -0.137. The Morgan fingerprint density at radius 3 is 2.49 bits per heavy atom. The van der Waals surface area contributed by atoms with Crippen molar-refractivity contribution in [3.63, 3.8) is 0 Å². The summed E-state index contributed by atoms with van der Waals surface area (Å²) in [5, 5.41) is 5.79. The average Bonchev–Trinajstić information content (AvgIpc) is 2.87. The Morgan fingerprint density at radius 2 is 1.84 bits per heavy atom. The largest absolute Gasteiger partial charge is 0.450 e. The maximum atomic E-state index is 14.4. The number of amides is 1. The van der Waals surface area contributed by atoms with Gasteiger partial charge < -0.3 is 30.1 Å².